The summed E-state index contributed by atoms with van der Waals surface area (Å²) in [5, 5.41) is 5.35. The summed E-state index contributed by atoms with van der Waals surface area (Å²) in [4.78, 5) is 28.3. The Balaban J connectivity index is 1.70. The monoisotopic (exact) mass is 457 g/mol. The number of carbonyl (C=O) groups is 2. The highest BCUT2D eigenvalue weighted by Gasteiger charge is 2.15. The first-order valence-electron chi connectivity index (χ1n) is 8.65. The number of amides is 2. The normalized spacial score (nSPS) is 10.3. The van der Waals surface area contributed by atoms with Crippen LogP contribution in [-0.4, -0.2) is 23.8 Å². The van der Waals surface area contributed by atoms with Crippen molar-refractivity contribution in [1.82, 2.24) is 15.6 Å². The van der Waals surface area contributed by atoms with Gasteiger partial charge in [0.25, 0.3) is 11.8 Å². The van der Waals surface area contributed by atoms with E-state index in [0.717, 1.165) is 5.56 Å². The van der Waals surface area contributed by atoms with Crippen molar-refractivity contribution in [2.75, 3.05) is 7.05 Å². The minimum Gasteiger partial charge on any atom is -0.437 e. The maximum atomic E-state index is 13.3. The van der Waals surface area contributed by atoms with Crippen molar-refractivity contribution in [3.05, 3.63) is 87.8 Å². The van der Waals surface area contributed by atoms with Crippen molar-refractivity contribution in [3.63, 3.8) is 0 Å². The molecule has 0 radical (unpaired) electrons. The molecule has 2 N–H and O–H groups in total. The molecular weight excluding hydrogens is 441 g/mol. The van der Waals surface area contributed by atoms with Gasteiger partial charge in [0.2, 0.25) is 5.88 Å². The Bertz CT molecular complexity index is 1040. The molecule has 0 saturated carbocycles. The first-order chi connectivity index (χ1) is 14.0. The molecule has 0 atom stereocenters. The second-order valence-corrected chi connectivity index (χ2v) is 6.85. The maximum absolute atomic E-state index is 13.3. The van der Waals surface area contributed by atoms with Crippen molar-refractivity contribution in [2.24, 2.45) is 0 Å². The van der Waals surface area contributed by atoms with Gasteiger partial charge in [-0.05, 0) is 64.0 Å². The number of ether oxygens (including phenoxy) is 1. The molecular formula is C21H17BrFN3O3. The second kappa shape index (κ2) is 9.29. The average molecular weight is 458 g/mol. The van der Waals surface area contributed by atoms with E-state index in [1.165, 1.54) is 24.4 Å². The van der Waals surface area contributed by atoms with Gasteiger partial charge in [-0.25, -0.2) is 9.37 Å². The topological polar surface area (TPSA) is 80.3 Å². The van der Waals surface area contributed by atoms with Crippen LogP contribution in [0.25, 0.3) is 0 Å². The van der Waals surface area contributed by atoms with Crippen LogP contribution in [-0.2, 0) is 6.54 Å². The van der Waals surface area contributed by atoms with Crippen LogP contribution in [0.2, 0.25) is 0 Å². The lowest BCUT2D eigenvalue weighted by molar-refractivity contribution is 0.0943. The van der Waals surface area contributed by atoms with Crippen LogP contribution in [0.3, 0.4) is 0 Å². The highest BCUT2D eigenvalue weighted by atomic mass is 79.9. The molecule has 0 saturated heterocycles. The summed E-state index contributed by atoms with van der Waals surface area (Å²) in [6.45, 7) is 0.265. The number of rotatable bonds is 6. The van der Waals surface area contributed by atoms with Gasteiger partial charge in [-0.2, -0.15) is 0 Å². The molecule has 8 heteroatoms. The number of hydrogen-bond donors (Lipinski definition) is 2. The minimum atomic E-state index is -0.411. The fourth-order valence-corrected chi connectivity index (χ4v) is 2.93. The molecule has 0 aliphatic rings. The van der Waals surface area contributed by atoms with E-state index >= 15 is 0 Å². The molecule has 0 spiro atoms. The average Bonchev–Trinajstić information content (AvgIpc) is 2.74. The van der Waals surface area contributed by atoms with Crippen LogP contribution in [0, 0.1) is 5.82 Å². The highest BCUT2D eigenvalue weighted by molar-refractivity contribution is 9.10. The molecule has 0 unspecified atom stereocenters. The van der Waals surface area contributed by atoms with E-state index in [0.29, 0.717) is 15.8 Å². The summed E-state index contributed by atoms with van der Waals surface area (Å²) in [7, 11) is 1.56. The van der Waals surface area contributed by atoms with E-state index in [1.54, 1.807) is 43.4 Å². The first kappa shape index (κ1) is 20.5. The van der Waals surface area contributed by atoms with Gasteiger partial charge in [0, 0.05) is 25.4 Å². The van der Waals surface area contributed by atoms with Crippen molar-refractivity contribution < 1.29 is 18.7 Å². The van der Waals surface area contributed by atoms with Gasteiger partial charge in [-0.1, -0.05) is 12.1 Å². The molecule has 0 fully saturated rings. The van der Waals surface area contributed by atoms with Crippen molar-refractivity contribution in [1.29, 1.82) is 0 Å². The summed E-state index contributed by atoms with van der Waals surface area (Å²) >= 11 is 3.23. The Morgan fingerprint density at radius 3 is 2.55 bits per heavy atom. The van der Waals surface area contributed by atoms with Crippen LogP contribution in [0.4, 0.5) is 4.39 Å². The smallest absolute Gasteiger partial charge is 0.257 e. The lowest BCUT2D eigenvalue weighted by Gasteiger charge is -2.11. The Morgan fingerprint density at radius 2 is 1.86 bits per heavy atom. The molecule has 3 aromatic rings. The fraction of sp³-hybridized carbons (Fsp3) is 0.0952. The molecule has 2 amide bonds. The first-order valence-corrected chi connectivity index (χ1v) is 9.44. The molecule has 148 valence electrons. The van der Waals surface area contributed by atoms with Gasteiger partial charge < -0.3 is 15.4 Å². The second-order valence-electron chi connectivity index (χ2n) is 5.99. The van der Waals surface area contributed by atoms with Gasteiger partial charge in [-0.15, -0.1) is 0 Å². The SMILES string of the molecule is CNC(=O)c1ccc(CNC(=O)c2cccnc2Oc2ccc(F)cc2Br)cc1. The van der Waals surface area contributed by atoms with Crippen molar-refractivity contribution in [3.8, 4) is 11.6 Å². The summed E-state index contributed by atoms with van der Waals surface area (Å²) in [6.07, 6.45) is 1.50. The van der Waals surface area contributed by atoms with E-state index in [4.69, 9.17) is 4.74 Å². The summed E-state index contributed by atoms with van der Waals surface area (Å²) in [5.41, 5.74) is 1.61. The van der Waals surface area contributed by atoms with E-state index in [2.05, 4.69) is 31.5 Å². The number of carbonyl (C=O) groups excluding carboxylic acids is 2. The molecule has 3 rings (SSSR count). The Hall–Kier alpha value is -3.26. The number of nitrogens with zero attached hydrogens (tertiary/aromatic N) is 1. The van der Waals surface area contributed by atoms with E-state index in [9.17, 15) is 14.0 Å². The molecule has 2 aromatic carbocycles. The number of benzene rings is 2. The number of aromatic nitrogens is 1. The van der Waals surface area contributed by atoms with Gasteiger partial charge in [0.05, 0.1) is 4.47 Å². The van der Waals surface area contributed by atoms with Crippen molar-refractivity contribution in [2.45, 2.75) is 6.54 Å². The predicted molar refractivity (Wildman–Crippen MR) is 109 cm³/mol. The van der Waals surface area contributed by atoms with Crippen molar-refractivity contribution >= 4 is 27.7 Å². The number of pyridine rings is 1. The molecule has 0 bridgehead atoms. The molecule has 6 nitrogen and oxygen atoms in total. The lowest BCUT2D eigenvalue weighted by atomic mass is 10.1. The quantitative estimate of drug-likeness (QED) is 0.584. The van der Waals surface area contributed by atoms with Crippen LogP contribution >= 0.6 is 15.9 Å². The van der Waals surface area contributed by atoms with Crippen LogP contribution in [0.1, 0.15) is 26.3 Å². The van der Waals surface area contributed by atoms with Gasteiger partial charge in [-0.3, -0.25) is 9.59 Å². The summed E-state index contributed by atoms with van der Waals surface area (Å²) in [5.74, 6) is -0.520. The maximum Gasteiger partial charge on any atom is 0.257 e. The third-order valence-corrected chi connectivity index (χ3v) is 4.63. The van der Waals surface area contributed by atoms with Gasteiger partial charge in [0.15, 0.2) is 0 Å². The van der Waals surface area contributed by atoms with Crippen LogP contribution < -0.4 is 15.4 Å². The largest absolute Gasteiger partial charge is 0.437 e. The standard InChI is InChI=1S/C21H17BrFN3O3/c1-24-19(27)14-6-4-13(5-7-14)12-26-20(28)16-3-2-10-25-21(16)29-18-9-8-15(23)11-17(18)22/h2-11H,12H2,1H3,(H,24,27)(H,26,28). The third-order valence-electron chi connectivity index (χ3n) is 4.01. The molecule has 29 heavy (non-hydrogen) atoms. The minimum absolute atomic E-state index is 0.104. The zero-order valence-corrected chi connectivity index (χ0v) is 17.0. The van der Waals surface area contributed by atoms with Gasteiger partial charge in [0.1, 0.15) is 17.1 Å². The Labute approximate surface area is 175 Å². The van der Waals surface area contributed by atoms with E-state index in [1.807, 2.05) is 0 Å². The van der Waals surface area contributed by atoms with Gasteiger partial charge >= 0.3 is 0 Å². The zero-order valence-electron chi connectivity index (χ0n) is 15.4. The number of halogens is 2. The van der Waals surface area contributed by atoms with Crippen LogP contribution in [0.15, 0.2) is 65.3 Å². The van der Waals surface area contributed by atoms with Crippen LogP contribution in [0.5, 0.6) is 11.6 Å². The molecule has 1 aromatic heterocycles. The third kappa shape index (κ3) is 5.17. The summed E-state index contributed by atoms with van der Waals surface area (Å²) < 4.78 is 19.4. The Morgan fingerprint density at radius 1 is 1.10 bits per heavy atom. The molecule has 0 aliphatic heterocycles. The molecule has 0 aliphatic carbocycles. The zero-order chi connectivity index (χ0) is 20.8. The summed E-state index contributed by atoms with van der Waals surface area (Å²) in [6, 6.07) is 14.1. The fourth-order valence-electron chi connectivity index (χ4n) is 2.50. The Kier molecular flexibility index (Phi) is 6.56. The molecule has 1 heterocycles. The predicted octanol–water partition coefficient (Wildman–Crippen LogP) is 4.07. The lowest BCUT2D eigenvalue weighted by Crippen LogP contribution is -2.23. The van der Waals surface area contributed by atoms with E-state index in [-0.39, 0.29) is 29.8 Å². The van der Waals surface area contributed by atoms with E-state index < -0.39 is 5.82 Å². The number of hydrogen-bond acceptors (Lipinski definition) is 4. The number of nitrogens with one attached hydrogen (secondary N) is 2. The highest BCUT2D eigenvalue weighted by Crippen LogP contribution is 2.30.